The van der Waals surface area contributed by atoms with Gasteiger partial charge in [0.1, 0.15) is 0 Å². The van der Waals surface area contributed by atoms with Crippen molar-refractivity contribution in [2.45, 2.75) is 6.92 Å². The molecule has 5 nitrogen and oxygen atoms in total. The van der Waals surface area contributed by atoms with Gasteiger partial charge in [-0.2, -0.15) is 4.98 Å². The minimum absolute atomic E-state index is 0.472. The predicted octanol–water partition coefficient (Wildman–Crippen LogP) is 2.54. The van der Waals surface area contributed by atoms with Crippen molar-refractivity contribution in [3.05, 3.63) is 22.7 Å². The Morgan fingerprint density at radius 3 is 2.88 bits per heavy atom. The molecule has 1 aromatic carbocycles. The molecule has 0 atom stereocenters. The summed E-state index contributed by atoms with van der Waals surface area (Å²) in [5.41, 5.74) is 7.26. The number of hydrogen-bond acceptors (Lipinski definition) is 5. The summed E-state index contributed by atoms with van der Waals surface area (Å²) in [5, 5.41) is 3.90. The van der Waals surface area contributed by atoms with Crippen LogP contribution in [-0.2, 0) is 0 Å². The van der Waals surface area contributed by atoms with E-state index in [-0.39, 0.29) is 0 Å². The molecule has 0 aliphatic heterocycles. The van der Waals surface area contributed by atoms with Crippen LogP contribution in [0.2, 0.25) is 0 Å². The quantitative estimate of drug-likeness (QED) is 0.882. The summed E-state index contributed by atoms with van der Waals surface area (Å²) in [7, 11) is 1.91. The van der Waals surface area contributed by atoms with Gasteiger partial charge in [0, 0.05) is 29.3 Å². The Bertz CT molecular complexity index is 526. The average molecular weight is 297 g/mol. The fraction of sp³-hybridized carbons (Fsp3) is 0.273. The second kappa shape index (κ2) is 4.75. The maximum absolute atomic E-state index is 5.80. The molecule has 0 saturated carbocycles. The molecule has 2 rings (SSSR count). The second-order valence-corrected chi connectivity index (χ2v) is 4.50. The molecule has 1 aromatic heterocycles. The molecule has 17 heavy (non-hydrogen) atoms. The third-order valence-corrected chi connectivity index (χ3v) is 3.20. The maximum Gasteiger partial charge on any atom is 0.266 e. The standard InChI is InChI=1S/C11H13BrN4O/c1-3-16(2)11-14-10(17-15-11)7-4-5-8(12)9(13)6-7/h4-6H,3,13H2,1-2H3. The van der Waals surface area contributed by atoms with Crippen LogP contribution in [0, 0.1) is 0 Å². The number of nitrogen functional groups attached to an aromatic ring is 1. The van der Waals surface area contributed by atoms with Crippen molar-refractivity contribution in [3.63, 3.8) is 0 Å². The van der Waals surface area contributed by atoms with Crippen molar-refractivity contribution >= 4 is 27.6 Å². The summed E-state index contributed by atoms with van der Waals surface area (Å²) < 4.78 is 6.05. The van der Waals surface area contributed by atoms with Crippen molar-refractivity contribution in [1.82, 2.24) is 10.1 Å². The molecule has 6 heteroatoms. The van der Waals surface area contributed by atoms with Crippen LogP contribution >= 0.6 is 15.9 Å². The van der Waals surface area contributed by atoms with Gasteiger partial charge >= 0.3 is 0 Å². The highest BCUT2D eigenvalue weighted by Crippen LogP contribution is 2.26. The van der Waals surface area contributed by atoms with E-state index in [2.05, 4.69) is 26.1 Å². The topological polar surface area (TPSA) is 68.2 Å². The molecule has 0 spiro atoms. The first-order valence-corrected chi connectivity index (χ1v) is 6.01. The number of aromatic nitrogens is 2. The van der Waals surface area contributed by atoms with E-state index in [9.17, 15) is 0 Å². The lowest BCUT2D eigenvalue weighted by molar-refractivity contribution is 0.430. The lowest BCUT2D eigenvalue weighted by Gasteiger charge is -2.08. The smallest absolute Gasteiger partial charge is 0.266 e. The first-order valence-electron chi connectivity index (χ1n) is 5.22. The summed E-state index contributed by atoms with van der Waals surface area (Å²) in [4.78, 5) is 6.20. The van der Waals surface area contributed by atoms with Gasteiger partial charge in [-0.15, -0.1) is 0 Å². The maximum atomic E-state index is 5.80. The molecule has 0 unspecified atom stereocenters. The highest BCUT2D eigenvalue weighted by atomic mass is 79.9. The summed E-state index contributed by atoms with van der Waals surface area (Å²) in [6.07, 6.45) is 0. The zero-order valence-electron chi connectivity index (χ0n) is 9.64. The molecule has 1 heterocycles. The van der Waals surface area contributed by atoms with Crippen LogP contribution in [0.1, 0.15) is 6.92 Å². The third kappa shape index (κ3) is 2.41. The Hall–Kier alpha value is -1.56. The van der Waals surface area contributed by atoms with Crippen molar-refractivity contribution in [3.8, 4) is 11.5 Å². The van der Waals surface area contributed by atoms with E-state index in [0.29, 0.717) is 17.5 Å². The monoisotopic (exact) mass is 296 g/mol. The fourth-order valence-corrected chi connectivity index (χ4v) is 1.55. The van der Waals surface area contributed by atoms with Crippen molar-refractivity contribution in [2.75, 3.05) is 24.2 Å². The molecule has 0 saturated heterocycles. The number of benzene rings is 1. The number of nitrogens with zero attached hydrogens (tertiary/aromatic N) is 3. The van der Waals surface area contributed by atoms with Gasteiger partial charge in [-0.25, -0.2) is 0 Å². The molecule has 0 aliphatic carbocycles. The van der Waals surface area contributed by atoms with Gasteiger partial charge in [0.05, 0.1) is 0 Å². The minimum Gasteiger partial charge on any atom is -0.398 e. The Morgan fingerprint density at radius 1 is 1.47 bits per heavy atom. The normalized spacial score (nSPS) is 10.5. The zero-order valence-corrected chi connectivity index (χ0v) is 11.2. The van der Waals surface area contributed by atoms with Gasteiger partial charge < -0.3 is 15.2 Å². The van der Waals surface area contributed by atoms with Crippen LogP contribution in [0.15, 0.2) is 27.2 Å². The van der Waals surface area contributed by atoms with E-state index in [1.807, 2.05) is 31.0 Å². The van der Waals surface area contributed by atoms with Gasteiger partial charge in [-0.3, -0.25) is 0 Å². The molecule has 2 N–H and O–H groups in total. The van der Waals surface area contributed by atoms with Gasteiger partial charge in [-0.1, -0.05) is 0 Å². The van der Waals surface area contributed by atoms with E-state index < -0.39 is 0 Å². The molecular formula is C11H13BrN4O. The fourth-order valence-electron chi connectivity index (χ4n) is 1.31. The van der Waals surface area contributed by atoms with Gasteiger partial charge in [0.15, 0.2) is 0 Å². The number of anilines is 2. The lowest BCUT2D eigenvalue weighted by atomic mass is 10.2. The Balaban J connectivity index is 2.33. The first-order chi connectivity index (χ1) is 8.11. The molecule has 0 radical (unpaired) electrons. The summed E-state index contributed by atoms with van der Waals surface area (Å²) in [5.74, 6) is 1.04. The van der Waals surface area contributed by atoms with Crippen LogP contribution in [0.3, 0.4) is 0 Å². The Morgan fingerprint density at radius 2 is 2.24 bits per heavy atom. The number of halogens is 1. The molecule has 0 bridgehead atoms. The molecule has 0 amide bonds. The third-order valence-electron chi connectivity index (χ3n) is 2.47. The first kappa shape index (κ1) is 11.9. The average Bonchev–Trinajstić information content (AvgIpc) is 2.81. The van der Waals surface area contributed by atoms with E-state index >= 15 is 0 Å². The predicted molar refractivity (Wildman–Crippen MR) is 70.8 cm³/mol. The Labute approximate surface area is 108 Å². The summed E-state index contributed by atoms with van der Waals surface area (Å²) >= 11 is 3.34. The van der Waals surface area contributed by atoms with Gasteiger partial charge in [-0.05, 0) is 46.2 Å². The summed E-state index contributed by atoms with van der Waals surface area (Å²) in [6.45, 7) is 2.84. The van der Waals surface area contributed by atoms with E-state index in [1.54, 1.807) is 6.07 Å². The summed E-state index contributed by atoms with van der Waals surface area (Å²) in [6, 6.07) is 5.54. The number of nitrogens with two attached hydrogens (primary N) is 1. The zero-order chi connectivity index (χ0) is 12.4. The van der Waals surface area contributed by atoms with Crippen LogP contribution < -0.4 is 10.6 Å². The number of rotatable bonds is 3. The second-order valence-electron chi connectivity index (χ2n) is 3.65. The minimum atomic E-state index is 0.472. The highest BCUT2D eigenvalue weighted by molar-refractivity contribution is 9.10. The lowest BCUT2D eigenvalue weighted by Crippen LogP contribution is -2.16. The molecule has 90 valence electrons. The largest absolute Gasteiger partial charge is 0.398 e. The van der Waals surface area contributed by atoms with Crippen molar-refractivity contribution < 1.29 is 4.52 Å². The van der Waals surface area contributed by atoms with E-state index in [4.69, 9.17) is 10.3 Å². The molecule has 0 fully saturated rings. The highest BCUT2D eigenvalue weighted by Gasteiger charge is 2.11. The molecular weight excluding hydrogens is 284 g/mol. The van der Waals surface area contributed by atoms with Crippen LogP contribution in [-0.4, -0.2) is 23.7 Å². The Kier molecular flexibility index (Phi) is 3.33. The van der Waals surface area contributed by atoms with Crippen LogP contribution in [0.4, 0.5) is 11.6 Å². The molecule has 0 aliphatic rings. The van der Waals surface area contributed by atoms with Crippen molar-refractivity contribution in [1.29, 1.82) is 0 Å². The van der Waals surface area contributed by atoms with Crippen molar-refractivity contribution in [2.24, 2.45) is 0 Å². The van der Waals surface area contributed by atoms with E-state index in [1.165, 1.54) is 0 Å². The van der Waals surface area contributed by atoms with Gasteiger partial charge in [0.25, 0.3) is 11.8 Å². The van der Waals surface area contributed by atoms with Gasteiger partial charge in [0.2, 0.25) is 0 Å². The van der Waals surface area contributed by atoms with Crippen LogP contribution in [0.25, 0.3) is 11.5 Å². The van der Waals surface area contributed by atoms with Crippen LogP contribution in [0.5, 0.6) is 0 Å². The molecule has 2 aromatic rings. The number of hydrogen-bond donors (Lipinski definition) is 1. The van der Waals surface area contributed by atoms with E-state index in [0.717, 1.165) is 16.6 Å². The SMILES string of the molecule is CCN(C)c1noc(-c2ccc(Br)c(N)c2)n1.